The fourth-order valence-corrected chi connectivity index (χ4v) is 2.65. The Morgan fingerprint density at radius 1 is 1.15 bits per heavy atom. The van der Waals surface area contributed by atoms with Crippen LogP contribution in [0.15, 0.2) is 24.3 Å². The largest absolute Gasteiger partial charge is 0.0871 e. The molecule has 0 bridgehead atoms. The smallest absolute Gasteiger partial charge is 0.0250 e. The third-order valence-corrected chi connectivity index (χ3v) is 3.52. The van der Waals surface area contributed by atoms with E-state index >= 15 is 0 Å². The normalized spacial score (nSPS) is 11.0. The number of hydrogen-bond donors (Lipinski definition) is 0. The Hall–Kier alpha value is 0.420. The fraction of sp³-hybridized carbons (Fsp3) is 0.273. The first-order valence-electron chi connectivity index (χ1n) is 4.18. The van der Waals surface area contributed by atoms with Crippen molar-refractivity contribution in [1.29, 1.82) is 0 Å². The minimum absolute atomic E-state index is 1.10. The SMILES string of the molecule is C/C=C/c1ccc(CI)c(CI)c1. The van der Waals surface area contributed by atoms with Gasteiger partial charge in [0.25, 0.3) is 0 Å². The van der Waals surface area contributed by atoms with E-state index in [1.807, 2.05) is 0 Å². The highest BCUT2D eigenvalue weighted by Crippen LogP contribution is 2.19. The molecule has 0 saturated carbocycles. The quantitative estimate of drug-likeness (QED) is 0.517. The van der Waals surface area contributed by atoms with Crippen LogP contribution in [-0.4, -0.2) is 0 Å². The molecule has 0 saturated heterocycles. The Morgan fingerprint density at radius 3 is 2.38 bits per heavy atom. The van der Waals surface area contributed by atoms with Crippen molar-refractivity contribution in [2.24, 2.45) is 0 Å². The molecule has 0 heterocycles. The molecule has 0 radical (unpaired) electrons. The van der Waals surface area contributed by atoms with E-state index < -0.39 is 0 Å². The summed E-state index contributed by atoms with van der Waals surface area (Å²) in [4.78, 5) is 0. The highest BCUT2D eigenvalue weighted by atomic mass is 127. The van der Waals surface area contributed by atoms with Gasteiger partial charge < -0.3 is 0 Å². The number of allylic oxidation sites excluding steroid dienone is 1. The first kappa shape index (κ1) is 11.5. The lowest BCUT2D eigenvalue weighted by atomic mass is 10.1. The molecule has 2 heteroatoms. The summed E-state index contributed by atoms with van der Waals surface area (Å²) in [6, 6.07) is 6.69. The van der Waals surface area contributed by atoms with Crippen LogP contribution in [0.5, 0.6) is 0 Å². The van der Waals surface area contributed by atoms with Crippen molar-refractivity contribution in [3.05, 3.63) is 41.0 Å². The minimum atomic E-state index is 1.10. The van der Waals surface area contributed by atoms with E-state index in [1.165, 1.54) is 16.7 Å². The lowest BCUT2D eigenvalue weighted by Crippen LogP contribution is -1.88. The lowest BCUT2D eigenvalue weighted by molar-refractivity contribution is 1.31. The van der Waals surface area contributed by atoms with Gasteiger partial charge in [0.15, 0.2) is 0 Å². The number of benzene rings is 1. The van der Waals surface area contributed by atoms with E-state index in [1.54, 1.807) is 0 Å². The van der Waals surface area contributed by atoms with Gasteiger partial charge in [0.05, 0.1) is 0 Å². The van der Waals surface area contributed by atoms with Crippen LogP contribution in [0.3, 0.4) is 0 Å². The Balaban J connectivity index is 3.05. The summed E-state index contributed by atoms with van der Waals surface area (Å²) in [5.41, 5.74) is 4.23. The summed E-state index contributed by atoms with van der Waals surface area (Å²) in [6.45, 7) is 2.05. The molecule has 0 aliphatic rings. The van der Waals surface area contributed by atoms with Crippen LogP contribution in [0.4, 0.5) is 0 Å². The second kappa shape index (κ2) is 6.01. The fourth-order valence-electron chi connectivity index (χ4n) is 1.20. The third-order valence-electron chi connectivity index (χ3n) is 1.88. The molecule has 1 rings (SSSR count). The second-order valence-corrected chi connectivity index (χ2v) is 4.32. The zero-order chi connectivity index (χ0) is 9.68. The first-order chi connectivity index (χ1) is 6.31. The van der Waals surface area contributed by atoms with E-state index in [-0.39, 0.29) is 0 Å². The predicted octanol–water partition coefficient (Wildman–Crippen LogP) is 4.59. The lowest BCUT2D eigenvalue weighted by Gasteiger charge is -2.04. The van der Waals surface area contributed by atoms with Gasteiger partial charge in [-0.3, -0.25) is 0 Å². The summed E-state index contributed by atoms with van der Waals surface area (Å²) in [6.07, 6.45) is 4.23. The Kier molecular flexibility index (Phi) is 5.31. The van der Waals surface area contributed by atoms with Gasteiger partial charge in [-0.1, -0.05) is 75.5 Å². The van der Waals surface area contributed by atoms with Crippen LogP contribution >= 0.6 is 45.2 Å². The molecule has 0 atom stereocenters. The van der Waals surface area contributed by atoms with Crippen molar-refractivity contribution in [3.8, 4) is 0 Å². The molecule has 0 spiro atoms. The average molecular weight is 398 g/mol. The zero-order valence-corrected chi connectivity index (χ0v) is 11.9. The molecular weight excluding hydrogens is 386 g/mol. The first-order valence-corrected chi connectivity index (χ1v) is 7.23. The summed E-state index contributed by atoms with van der Waals surface area (Å²) in [7, 11) is 0. The molecule has 0 N–H and O–H groups in total. The number of rotatable bonds is 3. The Bertz CT molecular complexity index is 303. The van der Waals surface area contributed by atoms with E-state index in [2.05, 4.69) is 82.5 Å². The summed E-state index contributed by atoms with van der Waals surface area (Å²) in [5.74, 6) is 0. The van der Waals surface area contributed by atoms with Crippen molar-refractivity contribution in [2.45, 2.75) is 15.8 Å². The molecule has 70 valence electrons. The molecule has 13 heavy (non-hydrogen) atoms. The molecule has 0 aromatic heterocycles. The highest BCUT2D eigenvalue weighted by Gasteiger charge is 1.99. The summed E-state index contributed by atoms with van der Waals surface area (Å²) < 4.78 is 2.20. The maximum atomic E-state index is 2.42. The van der Waals surface area contributed by atoms with E-state index in [0.717, 1.165) is 8.86 Å². The van der Waals surface area contributed by atoms with Crippen LogP contribution in [0.2, 0.25) is 0 Å². The van der Waals surface area contributed by atoms with Crippen LogP contribution < -0.4 is 0 Å². The molecule has 0 nitrogen and oxygen atoms in total. The standard InChI is InChI=1S/C11H12I2/c1-2-3-9-4-5-10(7-12)11(6-9)8-13/h2-6H,7-8H2,1H3/b3-2+. The number of halogens is 2. The Morgan fingerprint density at radius 2 is 1.85 bits per heavy atom. The van der Waals surface area contributed by atoms with Crippen molar-refractivity contribution in [1.82, 2.24) is 0 Å². The van der Waals surface area contributed by atoms with Gasteiger partial charge in [0, 0.05) is 8.86 Å². The topological polar surface area (TPSA) is 0 Å². The molecular formula is C11H12I2. The number of hydrogen-bond acceptors (Lipinski definition) is 0. The third kappa shape index (κ3) is 3.23. The molecule has 0 aliphatic heterocycles. The molecule has 1 aromatic carbocycles. The monoisotopic (exact) mass is 398 g/mol. The van der Waals surface area contributed by atoms with Crippen molar-refractivity contribution >= 4 is 51.3 Å². The molecule has 0 fully saturated rings. The maximum absolute atomic E-state index is 2.42. The summed E-state index contributed by atoms with van der Waals surface area (Å²) in [5, 5.41) is 0. The van der Waals surface area contributed by atoms with Crippen molar-refractivity contribution in [3.63, 3.8) is 0 Å². The molecule has 1 aromatic rings. The average Bonchev–Trinajstić information content (AvgIpc) is 2.18. The van der Waals surface area contributed by atoms with Crippen LogP contribution in [0.25, 0.3) is 6.08 Å². The van der Waals surface area contributed by atoms with Gasteiger partial charge in [-0.25, -0.2) is 0 Å². The Labute approximate surface area is 107 Å². The second-order valence-electron chi connectivity index (χ2n) is 2.80. The van der Waals surface area contributed by atoms with Crippen LogP contribution in [0, 0.1) is 0 Å². The van der Waals surface area contributed by atoms with Crippen molar-refractivity contribution < 1.29 is 0 Å². The molecule has 0 unspecified atom stereocenters. The van der Waals surface area contributed by atoms with Crippen LogP contribution in [0.1, 0.15) is 23.6 Å². The van der Waals surface area contributed by atoms with E-state index in [9.17, 15) is 0 Å². The van der Waals surface area contributed by atoms with E-state index in [4.69, 9.17) is 0 Å². The predicted molar refractivity (Wildman–Crippen MR) is 76.6 cm³/mol. The number of alkyl halides is 2. The van der Waals surface area contributed by atoms with Gasteiger partial charge in [-0.2, -0.15) is 0 Å². The van der Waals surface area contributed by atoms with Crippen LogP contribution in [-0.2, 0) is 8.86 Å². The van der Waals surface area contributed by atoms with Gasteiger partial charge in [0.2, 0.25) is 0 Å². The molecule has 0 aliphatic carbocycles. The van der Waals surface area contributed by atoms with Crippen molar-refractivity contribution in [2.75, 3.05) is 0 Å². The summed E-state index contributed by atoms with van der Waals surface area (Å²) >= 11 is 4.83. The van der Waals surface area contributed by atoms with E-state index in [0.29, 0.717) is 0 Å². The van der Waals surface area contributed by atoms with Gasteiger partial charge in [0.1, 0.15) is 0 Å². The minimum Gasteiger partial charge on any atom is -0.0871 e. The van der Waals surface area contributed by atoms with Gasteiger partial charge in [-0.15, -0.1) is 0 Å². The highest BCUT2D eigenvalue weighted by molar-refractivity contribution is 14.1. The van der Waals surface area contributed by atoms with Gasteiger partial charge in [-0.05, 0) is 23.6 Å². The zero-order valence-electron chi connectivity index (χ0n) is 7.56. The van der Waals surface area contributed by atoms with Gasteiger partial charge >= 0.3 is 0 Å². The molecule has 0 amide bonds. The maximum Gasteiger partial charge on any atom is 0.0250 e.